The lowest BCUT2D eigenvalue weighted by Gasteiger charge is -2.07. The van der Waals surface area contributed by atoms with Gasteiger partial charge in [0.25, 0.3) is 5.91 Å². The fourth-order valence-electron chi connectivity index (χ4n) is 1.96. The second-order valence-electron chi connectivity index (χ2n) is 5.04. The highest BCUT2D eigenvalue weighted by Gasteiger charge is 2.04. The Labute approximate surface area is 141 Å². The molecule has 126 valence electrons. The second-order valence-corrected chi connectivity index (χ2v) is 5.04. The normalized spacial score (nSPS) is 10.5. The van der Waals surface area contributed by atoms with E-state index >= 15 is 0 Å². The maximum absolute atomic E-state index is 11.7. The highest BCUT2D eigenvalue weighted by molar-refractivity contribution is 5.91. The summed E-state index contributed by atoms with van der Waals surface area (Å²) < 4.78 is 10.4. The van der Waals surface area contributed by atoms with Crippen molar-refractivity contribution in [1.29, 1.82) is 0 Å². The Morgan fingerprint density at radius 2 is 1.79 bits per heavy atom. The monoisotopic (exact) mass is 328 g/mol. The summed E-state index contributed by atoms with van der Waals surface area (Å²) in [5.74, 6) is 0.954. The van der Waals surface area contributed by atoms with E-state index in [0.717, 1.165) is 16.8 Å². The first-order chi connectivity index (χ1) is 11.6. The zero-order valence-electron chi connectivity index (χ0n) is 13.9. The maximum Gasteiger partial charge on any atom is 0.265 e. The number of amides is 1. The number of hydrogen-bond acceptors (Lipinski definition) is 5. The number of ether oxygens (including phenoxy) is 2. The number of carbonyl (C=O) groups excluding carboxylic acids is 1. The number of oxime groups is 1. The summed E-state index contributed by atoms with van der Waals surface area (Å²) in [4.78, 5) is 16.8. The summed E-state index contributed by atoms with van der Waals surface area (Å²) in [5, 5.41) is 6.51. The number of rotatable bonds is 7. The number of aryl methyl sites for hydroxylation is 1. The highest BCUT2D eigenvalue weighted by atomic mass is 16.6. The van der Waals surface area contributed by atoms with Gasteiger partial charge in [-0.05, 0) is 37.3 Å². The molecule has 24 heavy (non-hydrogen) atoms. The number of anilines is 1. The van der Waals surface area contributed by atoms with Gasteiger partial charge in [-0.15, -0.1) is 0 Å². The van der Waals surface area contributed by atoms with Crippen LogP contribution in [0, 0.1) is 6.92 Å². The fraction of sp³-hybridized carbons (Fsp3) is 0.222. The molecule has 0 saturated carbocycles. The zero-order chi connectivity index (χ0) is 17.4. The number of hydrogen-bond donors (Lipinski definition) is 1. The molecule has 2 rings (SSSR count). The Balaban J connectivity index is 1.83. The molecule has 0 saturated heterocycles. The van der Waals surface area contributed by atoms with Crippen LogP contribution in [-0.2, 0) is 9.63 Å². The first-order valence-electron chi connectivity index (χ1n) is 7.36. The van der Waals surface area contributed by atoms with Gasteiger partial charge in [0.05, 0.1) is 20.4 Å². The van der Waals surface area contributed by atoms with Gasteiger partial charge in [-0.1, -0.05) is 22.9 Å². The van der Waals surface area contributed by atoms with Crippen LogP contribution < -0.4 is 14.8 Å². The summed E-state index contributed by atoms with van der Waals surface area (Å²) in [6.07, 6.45) is 1.50. The minimum absolute atomic E-state index is 0.169. The molecule has 0 spiro atoms. The van der Waals surface area contributed by atoms with Gasteiger partial charge in [-0.3, -0.25) is 4.79 Å². The van der Waals surface area contributed by atoms with Crippen LogP contribution in [0.25, 0.3) is 0 Å². The lowest BCUT2D eigenvalue weighted by atomic mass is 10.2. The molecule has 0 aliphatic carbocycles. The van der Waals surface area contributed by atoms with Gasteiger partial charge in [0.15, 0.2) is 18.1 Å². The summed E-state index contributed by atoms with van der Waals surface area (Å²) in [5.41, 5.74) is 2.62. The third-order valence-corrected chi connectivity index (χ3v) is 3.21. The molecule has 0 fully saturated rings. The molecule has 1 amide bonds. The predicted molar refractivity (Wildman–Crippen MR) is 92.9 cm³/mol. The molecule has 6 nitrogen and oxygen atoms in total. The minimum atomic E-state index is -0.275. The molecular weight excluding hydrogens is 308 g/mol. The van der Waals surface area contributed by atoms with Gasteiger partial charge in [0.1, 0.15) is 0 Å². The molecule has 0 heterocycles. The molecule has 0 atom stereocenters. The van der Waals surface area contributed by atoms with Crippen molar-refractivity contribution < 1.29 is 19.1 Å². The Morgan fingerprint density at radius 1 is 1.08 bits per heavy atom. The number of benzene rings is 2. The maximum atomic E-state index is 11.7. The van der Waals surface area contributed by atoms with E-state index in [-0.39, 0.29) is 12.5 Å². The summed E-state index contributed by atoms with van der Waals surface area (Å²) >= 11 is 0. The van der Waals surface area contributed by atoms with E-state index in [4.69, 9.17) is 14.3 Å². The quantitative estimate of drug-likeness (QED) is 0.626. The third kappa shape index (κ3) is 5.01. The summed E-state index contributed by atoms with van der Waals surface area (Å²) in [6.45, 7) is 1.81. The zero-order valence-corrected chi connectivity index (χ0v) is 13.9. The standard InChI is InChI=1S/C18H20N2O4/c1-13-4-7-15(8-5-13)20-18(21)12-24-19-11-14-6-9-16(22-2)17(10-14)23-3/h4-11H,12H2,1-3H3,(H,20,21). The molecule has 6 heteroatoms. The third-order valence-electron chi connectivity index (χ3n) is 3.21. The van der Waals surface area contributed by atoms with Crippen LogP contribution in [0.3, 0.4) is 0 Å². The Hall–Kier alpha value is -3.02. The lowest BCUT2D eigenvalue weighted by Crippen LogP contribution is -2.16. The number of carbonyl (C=O) groups is 1. The summed E-state index contributed by atoms with van der Waals surface area (Å²) in [7, 11) is 3.13. The van der Waals surface area contributed by atoms with Gasteiger partial charge in [-0.2, -0.15) is 0 Å². The van der Waals surface area contributed by atoms with Gasteiger partial charge in [-0.25, -0.2) is 0 Å². The smallest absolute Gasteiger partial charge is 0.265 e. The second kappa shape index (κ2) is 8.57. The number of nitrogens with one attached hydrogen (secondary N) is 1. The van der Waals surface area contributed by atoms with Crippen molar-refractivity contribution in [2.24, 2.45) is 5.16 Å². The van der Waals surface area contributed by atoms with Crippen LogP contribution in [-0.4, -0.2) is 32.9 Å². The van der Waals surface area contributed by atoms with Gasteiger partial charge < -0.3 is 19.6 Å². The molecule has 0 bridgehead atoms. The molecule has 2 aromatic rings. The van der Waals surface area contributed by atoms with E-state index in [2.05, 4.69) is 10.5 Å². The molecular formula is C18H20N2O4. The molecule has 0 aliphatic heterocycles. The first kappa shape index (κ1) is 17.3. The van der Waals surface area contributed by atoms with E-state index in [9.17, 15) is 4.79 Å². The Bertz CT molecular complexity index is 711. The number of methoxy groups -OCH3 is 2. The largest absolute Gasteiger partial charge is 0.493 e. The molecule has 0 aliphatic rings. The average Bonchev–Trinajstić information content (AvgIpc) is 2.60. The van der Waals surface area contributed by atoms with Crippen molar-refractivity contribution in [1.82, 2.24) is 0 Å². The van der Waals surface area contributed by atoms with E-state index < -0.39 is 0 Å². The van der Waals surface area contributed by atoms with Crippen LogP contribution in [0.1, 0.15) is 11.1 Å². The van der Waals surface area contributed by atoms with E-state index in [0.29, 0.717) is 11.5 Å². The molecule has 0 aromatic heterocycles. The fourth-order valence-corrected chi connectivity index (χ4v) is 1.96. The van der Waals surface area contributed by atoms with Gasteiger partial charge >= 0.3 is 0 Å². The van der Waals surface area contributed by atoms with Crippen LogP contribution in [0.5, 0.6) is 11.5 Å². The summed E-state index contributed by atoms with van der Waals surface area (Å²) in [6, 6.07) is 12.8. The van der Waals surface area contributed by atoms with Gasteiger partial charge in [0, 0.05) is 11.3 Å². The number of nitrogens with zero attached hydrogens (tertiary/aromatic N) is 1. The van der Waals surface area contributed by atoms with Crippen molar-refractivity contribution in [2.75, 3.05) is 26.1 Å². The van der Waals surface area contributed by atoms with E-state index in [1.807, 2.05) is 31.2 Å². The van der Waals surface area contributed by atoms with Crippen LogP contribution in [0.4, 0.5) is 5.69 Å². The van der Waals surface area contributed by atoms with Crippen LogP contribution in [0.2, 0.25) is 0 Å². The van der Waals surface area contributed by atoms with Crippen molar-refractivity contribution >= 4 is 17.8 Å². The van der Waals surface area contributed by atoms with E-state index in [1.165, 1.54) is 6.21 Å². The molecule has 0 radical (unpaired) electrons. The van der Waals surface area contributed by atoms with Crippen molar-refractivity contribution in [2.45, 2.75) is 6.92 Å². The minimum Gasteiger partial charge on any atom is -0.493 e. The van der Waals surface area contributed by atoms with Crippen molar-refractivity contribution in [3.63, 3.8) is 0 Å². The molecule has 0 unspecified atom stereocenters. The lowest BCUT2D eigenvalue weighted by molar-refractivity contribution is -0.120. The SMILES string of the molecule is COc1ccc(C=NOCC(=O)Nc2ccc(C)cc2)cc1OC. The van der Waals surface area contributed by atoms with Crippen LogP contribution in [0.15, 0.2) is 47.6 Å². The van der Waals surface area contributed by atoms with Crippen molar-refractivity contribution in [3.05, 3.63) is 53.6 Å². The van der Waals surface area contributed by atoms with Gasteiger partial charge in [0.2, 0.25) is 0 Å². The molecule has 1 N–H and O–H groups in total. The first-order valence-corrected chi connectivity index (χ1v) is 7.36. The van der Waals surface area contributed by atoms with Crippen LogP contribution >= 0.6 is 0 Å². The highest BCUT2D eigenvalue weighted by Crippen LogP contribution is 2.26. The predicted octanol–water partition coefficient (Wildman–Crippen LogP) is 3.00. The Morgan fingerprint density at radius 3 is 2.46 bits per heavy atom. The topological polar surface area (TPSA) is 69.2 Å². The van der Waals surface area contributed by atoms with Crippen molar-refractivity contribution in [3.8, 4) is 11.5 Å². The van der Waals surface area contributed by atoms with E-state index in [1.54, 1.807) is 32.4 Å². The Kier molecular flexibility index (Phi) is 6.19. The molecule has 2 aromatic carbocycles. The average molecular weight is 328 g/mol.